The number of hydrogen-bond donors (Lipinski definition) is 1. The first-order valence-corrected chi connectivity index (χ1v) is 8.29. The number of carbonyl (C=O) groups is 1. The minimum absolute atomic E-state index is 0.164. The first kappa shape index (κ1) is 17.3. The van der Waals surface area contributed by atoms with Gasteiger partial charge in [0.15, 0.2) is 0 Å². The highest BCUT2D eigenvalue weighted by molar-refractivity contribution is 7.99. The Bertz CT molecular complexity index is 724. The molecule has 1 atom stereocenters. The van der Waals surface area contributed by atoms with Crippen LogP contribution < -0.4 is 5.32 Å². The summed E-state index contributed by atoms with van der Waals surface area (Å²) in [5.41, 5.74) is 0.129. The highest BCUT2D eigenvalue weighted by atomic mass is 35.5. The van der Waals surface area contributed by atoms with E-state index >= 15 is 0 Å². The Morgan fingerprint density at radius 3 is 2.78 bits per heavy atom. The van der Waals surface area contributed by atoms with Crippen LogP contribution in [0.3, 0.4) is 0 Å². The summed E-state index contributed by atoms with van der Waals surface area (Å²) in [6, 6.07) is 7.10. The van der Waals surface area contributed by atoms with Gasteiger partial charge in [-0.3, -0.25) is 4.79 Å². The molecule has 0 radical (unpaired) electrons. The Balaban J connectivity index is 2.03. The van der Waals surface area contributed by atoms with Gasteiger partial charge in [0.2, 0.25) is 11.1 Å². The second kappa shape index (κ2) is 7.49. The van der Waals surface area contributed by atoms with Gasteiger partial charge in [-0.25, -0.2) is 0 Å². The maximum absolute atomic E-state index is 12.0. The van der Waals surface area contributed by atoms with Crippen molar-refractivity contribution in [1.29, 1.82) is 0 Å². The summed E-state index contributed by atoms with van der Waals surface area (Å²) in [6.07, 6.45) is 6.11. The molecule has 1 N–H and O–H groups in total. The Kier molecular flexibility index (Phi) is 5.64. The molecule has 2 rings (SSSR count). The number of aromatic nitrogens is 4. The molecule has 0 saturated heterocycles. The summed E-state index contributed by atoms with van der Waals surface area (Å²) in [4.78, 5) is 12.0. The fourth-order valence-corrected chi connectivity index (χ4v) is 2.53. The third kappa shape index (κ3) is 4.47. The smallest absolute Gasteiger partial charge is 0.231 e. The molecule has 0 aliphatic rings. The lowest BCUT2D eigenvalue weighted by molar-refractivity contribution is -0.119. The summed E-state index contributed by atoms with van der Waals surface area (Å²) >= 11 is 7.11. The highest BCUT2D eigenvalue weighted by Crippen LogP contribution is 2.19. The molecule has 0 spiro atoms. The lowest BCUT2D eigenvalue weighted by Crippen LogP contribution is -2.45. The third-order valence-corrected chi connectivity index (χ3v) is 4.46. The monoisotopic (exact) mass is 349 g/mol. The highest BCUT2D eigenvalue weighted by Gasteiger charge is 2.21. The molecule has 0 aliphatic carbocycles. The quantitative estimate of drug-likeness (QED) is 0.640. The van der Waals surface area contributed by atoms with Crippen LogP contribution in [0, 0.1) is 12.3 Å². The number of hydrogen-bond acceptors (Lipinski definition) is 5. The Morgan fingerprint density at radius 1 is 1.48 bits per heavy atom. The minimum atomic E-state index is -0.639. The van der Waals surface area contributed by atoms with E-state index in [0.29, 0.717) is 16.6 Å². The van der Waals surface area contributed by atoms with Crippen molar-refractivity contribution in [2.75, 3.05) is 5.75 Å². The van der Waals surface area contributed by atoms with Gasteiger partial charge in [0.05, 0.1) is 17.0 Å². The van der Waals surface area contributed by atoms with E-state index in [1.807, 2.05) is 13.8 Å². The van der Waals surface area contributed by atoms with Gasteiger partial charge in [-0.1, -0.05) is 36.2 Å². The number of thioether (sulfide) groups is 1. The summed E-state index contributed by atoms with van der Waals surface area (Å²) < 4.78 is 1.55. The van der Waals surface area contributed by atoms with E-state index in [1.165, 1.54) is 11.8 Å². The van der Waals surface area contributed by atoms with E-state index in [9.17, 15) is 4.79 Å². The number of tetrazole rings is 1. The molecule has 0 unspecified atom stereocenters. The van der Waals surface area contributed by atoms with Crippen molar-refractivity contribution in [2.24, 2.45) is 0 Å². The van der Waals surface area contributed by atoms with Crippen molar-refractivity contribution in [3.63, 3.8) is 0 Å². The van der Waals surface area contributed by atoms with E-state index in [0.717, 1.165) is 5.69 Å². The average molecular weight is 350 g/mol. The standard InChI is InChI=1S/C15H16ClN5OS/c1-4-15(3,5-2)17-13(22)10-23-14-18-19-20-21(14)12-8-6-11(16)7-9-12/h1,6-9H,5,10H2,2-3H3,(H,17,22)/t15-/m1/s1. The average Bonchev–Trinajstić information content (AvgIpc) is 3.02. The van der Waals surface area contributed by atoms with Crippen LogP contribution in [0.4, 0.5) is 0 Å². The maximum Gasteiger partial charge on any atom is 0.231 e. The number of nitrogens with zero attached hydrogens (tertiary/aromatic N) is 4. The molecule has 1 aromatic heterocycles. The number of carbonyl (C=O) groups excluding carboxylic acids is 1. The van der Waals surface area contributed by atoms with Crippen molar-refractivity contribution in [2.45, 2.75) is 31.0 Å². The lowest BCUT2D eigenvalue weighted by Gasteiger charge is -2.23. The molecular weight excluding hydrogens is 334 g/mol. The van der Waals surface area contributed by atoms with Gasteiger partial charge in [0, 0.05) is 5.02 Å². The van der Waals surface area contributed by atoms with Crippen LogP contribution >= 0.6 is 23.4 Å². The molecule has 0 bridgehead atoms. The van der Waals surface area contributed by atoms with Crippen molar-refractivity contribution >= 4 is 29.3 Å². The van der Waals surface area contributed by atoms with Crippen LogP contribution in [-0.2, 0) is 4.79 Å². The van der Waals surface area contributed by atoms with E-state index in [-0.39, 0.29) is 11.7 Å². The fourth-order valence-electron chi connectivity index (χ4n) is 1.71. The molecule has 120 valence electrons. The van der Waals surface area contributed by atoms with Crippen LogP contribution in [0.5, 0.6) is 0 Å². The molecule has 6 nitrogen and oxygen atoms in total. The van der Waals surface area contributed by atoms with Crippen molar-refractivity contribution in [3.8, 4) is 18.0 Å². The van der Waals surface area contributed by atoms with Gasteiger partial charge in [0.25, 0.3) is 0 Å². The molecule has 0 saturated carbocycles. The zero-order chi connectivity index (χ0) is 16.9. The summed E-state index contributed by atoms with van der Waals surface area (Å²) in [7, 11) is 0. The zero-order valence-electron chi connectivity index (χ0n) is 12.8. The molecular formula is C15H16ClN5OS. The minimum Gasteiger partial charge on any atom is -0.339 e. The van der Waals surface area contributed by atoms with Gasteiger partial charge in [-0.2, -0.15) is 4.68 Å². The SMILES string of the molecule is C#C[C@](C)(CC)NC(=O)CSc1nnnn1-c1ccc(Cl)cc1. The fraction of sp³-hybridized carbons (Fsp3) is 0.333. The van der Waals surface area contributed by atoms with Gasteiger partial charge >= 0.3 is 0 Å². The normalized spacial score (nSPS) is 13.1. The number of benzene rings is 1. The van der Waals surface area contributed by atoms with E-state index in [1.54, 1.807) is 28.9 Å². The molecule has 2 aromatic rings. The zero-order valence-corrected chi connectivity index (χ0v) is 14.4. The topological polar surface area (TPSA) is 72.7 Å². The molecule has 0 fully saturated rings. The van der Waals surface area contributed by atoms with Gasteiger partial charge < -0.3 is 5.32 Å². The van der Waals surface area contributed by atoms with Crippen LogP contribution in [0.1, 0.15) is 20.3 Å². The van der Waals surface area contributed by atoms with Gasteiger partial charge in [-0.15, -0.1) is 11.5 Å². The van der Waals surface area contributed by atoms with Crippen molar-refractivity contribution in [1.82, 2.24) is 25.5 Å². The number of nitrogens with one attached hydrogen (secondary N) is 1. The largest absolute Gasteiger partial charge is 0.339 e. The summed E-state index contributed by atoms with van der Waals surface area (Å²) in [6.45, 7) is 3.74. The molecule has 1 aromatic carbocycles. The molecule has 1 heterocycles. The summed E-state index contributed by atoms with van der Waals surface area (Å²) in [5.74, 6) is 2.60. The molecule has 8 heteroatoms. The van der Waals surface area contributed by atoms with E-state index in [4.69, 9.17) is 18.0 Å². The number of terminal acetylenes is 1. The number of amides is 1. The van der Waals surface area contributed by atoms with E-state index < -0.39 is 5.54 Å². The van der Waals surface area contributed by atoms with Crippen LogP contribution in [-0.4, -0.2) is 37.4 Å². The predicted molar refractivity (Wildman–Crippen MR) is 90.6 cm³/mol. The number of halogens is 1. The Labute approximate surface area is 144 Å². The number of rotatable bonds is 6. The molecule has 23 heavy (non-hydrogen) atoms. The first-order chi connectivity index (χ1) is 11.0. The molecule has 1 amide bonds. The van der Waals surface area contributed by atoms with Crippen LogP contribution in [0.25, 0.3) is 5.69 Å². The lowest BCUT2D eigenvalue weighted by atomic mass is 10.0. The molecule has 0 aliphatic heterocycles. The third-order valence-electron chi connectivity index (χ3n) is 3.29. The van der Waals surface area contributed by atoms with Crippen LogP contribution in [0.15, 0.2) is 29.4 Å². The second-order valence-corrected chi connectivity index (χ2v) is 6.40. The van der Waals surface area contributed by atoms with E-state index in [2.05, 4.69) is 26.8 Å². The van der Waals surface area contributed by atoms with Crippen molar-refractivity contribution < 1.29 is 4.79 Å². The maximum atomic E-state index is 12.0. The predicted octanol–water partition coefficient (Wildman–Crippen LogP) is 2.33. The Hall–Kier alpha value is -2.04. The van der Waals surface area contributed by atoms with Gasteiger partial charge in [0.1, 0.15) is 0 Å². The van der Waals surface area contributed by atoms with Crippen molar-refractivity contribution in [3.05, 3.63) is 29.3 Å². The van der Waals surface area contributed by atoms with Gasteiger partial charge in [-0.05, 0) is 48.0 Å². The van der Waals surface area contributed by atoms with Crippen LogP contribution in [0.2, 0.25) is 5.02 Å². The Morgan fingerprint density at radius 2 is 2.17 bits per heavy atom. The second-order valence-electron chi connectivity index (χ2n) is 5.02. The summed E-state index contributed by atoms with van der Waals surface area (Å²) in [5, 5.41) is 15.5. The first-order valence-electron chi connectivity index (χ1n) is 6.93.